The Kier molecular flexibility index (Phi) is 7.27. The highest BCUT2D eigenvalue weighted by Crippen LogP contribution is 2.45. The molecule has 0 bridgehead atoms. The molecule has 8 heteroatoms. The van der Waals surface area contributed by atoms with Crippen LogP contribution < -0.4 is 4.90 Å². The number of anilines is 1. The lowest BCUT2D eigenvalue weighted by molar-refractivity contribution is -0.384. The Morgan fingerprint density at radius 2 is 1.45 bits per heavy atom. The number of carbonyl (C=O) groups excluding carboxylic acids is 2. The van der Waals surface area contributed by atoms with Crippen LogP contribution in [-0.2, 0) is 19.1 Å². The standard InChI is InChI=1S/C25H26N2O6/c1-5-32-24(28)21-16(3)26(19-12-8-7-9-13-19)17(4)22(25(29)33-6-2)23(21)18-11-10-14-20(15-18)27(30)31/h7-15,23H,5-6H2,1-4H3. The van der Waals surface area contributed by atoms with Gasteiger partial charge >= 0.3 is 11.9 Å². The van der Waals surface area contributed by atoms with Crippen molar-refractivity contribution >= 4 is 23.3 Å². The van der Waals surface area contributed by atoms with Crippen LogP contribution in [0.15, 0.2) is 77.1 Å². The Labute approximate surface area is 192 Å². The number of hydrogen-bond acceptors (Lipinski definition) is 7. The molecule has 0 aromatic heterocycles. The van der Waals surface area contributed by atoms with Crippen molar-refractivity contribution in [3.05, 3.63) is 92.8 Å². The van der Waals surface area contributed by atoms with E-state index in [1.54, 1.807) is 33.8 Å². The second-order valence-corrected chi connectivity index (χ2v) is 7.40. The molecule has 0 aliphatic carbocycles. The van der Waals surface area contributed by atoms with Gasteiger partial charge in [-0.25, -0.2) is 9.59 Å². The molecular weight excluding hydrogens is 424 g/mol. The molecule has 0 radical (unpaired) electrons. The van der Waals surface area contributed by atoms with Gasteiger partial charge in [-0.2, -0.15) is 0 Å². The van der Waals surface area contributed by atoms with Gasteiger partial charge in [0.1, 0.15) is 0 Å². The van der Waals surface area contributed by atoms with Crippen molar-refractivity contribution < 1.29 is 24.0 Å². The third kappa shape index (κ3) is 4.64. The van der Waals surface area contributed by atoms with E-state index in [1.165, 1.54) is 18.2 Å². The molecule has 8 nitrogen and oxygen atoms in total. The summed E-state index contributed by atoms with van der Waals surface area (Å²) in [6, 6.07) is 15.3. The number of esters is 2. The van der Waals surface area contributed by atoms with Crippen LogP contribution in [0.2, 0.25) is 0 Å². The topological polar surface area (TPSA) is 99.0 Å². The van der Waals surface area contributed by atoms with E-state index in [0.29, 0.717) is 17.0 Å². The molecule has 0 saturated heterocycles. The second kappa shape index (κ2) is 10.1. The van der Waals surface area contributed by atoms with Crippen LogP contribution in [0.4, 0.5) is 11.4 Å². The molecule has 3 rings (SSSR count). The van der Waals surface area contributed by atoms with Crippen LogP contribution in [0.5, 0.6) is 0 Å². The van der Waals surface area contributed by atoms with Crippen LogP contribution in [0.1, 0.15) is 39.2 Å². The Bertz CT molecular complexity index is 1090. The van der Waals surface area contributed by atoms with Crippen LogP contribution in [0.25, 0.3) is 0 Å². The molecule has 1 heterocycles. The third-order valence-electron chi connectivity index (χ3n) is 5.45. The van der Waals surface area contributed by atoms with Gasteiger partial charge in [-0.3, -0.25) is 10.1 Å². The van der Waals surface area contributed by atoms with Crippen LogP contribution in [-0.4, -0.2) is 30.1 Å². The number of nitro benzene ring substituents is 1. The first-order valence-corrected chi connectivity index (χ1v) is 10.7. The Balaban J connectivity index is 2.34. The molecule has 0 saturated carbocycles. The van der Waals surface area contributed by atoms with Crippen LogP contribution in [0.3, 0.4) is 0 Å². The summed E-state index contributed by atoms with van der Waals surface area (Å²) in [4.78, 5) is 39.1. The maximum atomic E-state index is 13.2. The monoisotopic (exact) mass is 450 g/mol. The smallest absolute Gasteiger partial charge is 0.336 e. The number of ether oxygens (including phenoxy) is 2. The Hall–Kier alpha value is -3.94. The predicted octanol–water partition coefficient (Wildman–Crippen LogP) is 4.87. The number of hydrogen-bond donors (Lipinski definition) is 0. The Morgan fingerprint density at radius 1 is 0.909 bits per heavy atom. The number of nitrogens with zero attached hydrogens (tertiary/aromatic N) is 2. The molecule has 0 N–H and O–H groups in total. The second-order valence-electron chi connectivity index (χ2n) is 7.40. The van der Waals surface area contributed by atoms with Gasteiger partial charge in [0, 0.05) is 29.2 Å². The van der Waals surface area contributed by atoms with Crippen molar-refractivity contribution in [1.82, 2.24) is 0 Å². The highest BCUT2D eigenvalue weighted by molar-refractivity contribution is 6.01. The average molecular weight is 450 g/mol. The number of carbonyl (C=O) groups is 2. The number of rotatable bonds is 7. The largest absolute Gasteiger partial charge is 0.463 e. The highest BCUT2D eigenvalue weighted by atomic mass is 16.6. The predicted molar refractivity (Wildman–Crippen MR) is 123 cm³/mol. The number of benzene rings is 2. The minimum Gasteiger partial charge on any atom is -0.463 e. The zero-order valence-corrected chi connectivity index (χ0v) is 19.0. The van der Waals surface area contributed by atoms with E-state index in [4.69, 9.17) is 9.47 Å². The summed E-state index contributed by atoms with van der Waals surface area (Å²) in [6.45, 7) is 7.22. The maximum Gasteiger partial charge on any atom is 0.336 e. The lowest BCUT2D eigenvalue weighted by Crippen LogP contribution is -2.35. The van der Waals surface area contributed by atoms with Crippen molar-refractivity contribution in [1.29, 1.82) is 0 Å². The van der Waals surface area contributed by atoms with E-state index in [0.717, 1.165) is 5.69 Å². The average Bonchev–Trinajstić information content (AvgIpc) is 2.79. The summed E-state index contributed by atoms with van der Waals surface area (Å²) in [7, 11) is 0. The minimum atomic E-state index is -0.886. The van der Waals surface area contributed by atoms with Gasteiger partial charge in [0.15, 0.2) is 0 Å². The molecule has 1 aliphatic heterocycles. The fourth-order valence-electron chi connectivity index (χ4n) is 4.12. The van der Waals surface area contributed by atoms with Crippen molar-refractivity contribution in [2.75, 3.05) is 18.1 Å². The molecule has 0 atom stereocenters. The van der Waals surface area contributed by atoms with Crippen molar-refractivity contribution in [2.45, 2.75) is 33.6 Å². The molecule has 0 fully saturated rings. The van der Waals surface area contributed by atoms with E-state index in [9.17, 15) is 19.7 Å². The SMILES string of the molecule is CCOC(=O)C1=C(C)N(c2ccccc2)C(C)=C(C(=O)OCC)C1c1cccc([N+](=O)[O-])c1. The molecule has 0 unspecified atom stereocenters. The molecular formula is C25H26N2O6. The fraction of sp³-hybridized carbons (Fsp3) is 0.280. The molecule has 2 aromatic carbocycles. The van der Waals surface area contributed by atoms with E-state index in [-0.39, 0.29) is 30.0 Å². The summed E-state index contributed by atoms with van der Waals surface area (Å²) in [5.74, 6) is -2.08. The number of para-hydroxylation sites is 1. The fourth-order valence-corrected chi connectivity index (χ4v) is 4.12. The van der Waals surface area contributed by atoms with E-state index in [1.807, 2.05) is 35.2 Å². The minimum absolute atomic E-state index is 0.139. The number of allylic oxidation sites excluding steroid dienone is 2. The summed E-state index contributed by atoms with van der Waals surface area (Å²) in [5.41, 5.74) is 2.66. The van der Waals surface area contributed by atoms with Crippen LogP contribution in [0, 0.1) is 10.1 Å². The summed E-state index contributed by atoms with van der Waals surface area (Å²) in [5, 5.41) is 11.4. The molecule has 0 spiro atoms. The first-order valence-electron chi connectivity index (χ1n) is 10.7. The van der Waals surface area contributed by atoms with Gasteiger partial charge in [0.05, 0.1) is 35.2 Å². The number of nitro groups is 1. The maximum absolute atomic E-state index is 13.2. The summed E-state index contributed by atoms with van der Waals surface area (Å²) >= 11 is 0. The van der Waals surface area contributed by atoms with Crippen molar-refractivity contribution in [3.63, 3.8) is 0 Å². The van der Waals surface area contributed by atoms with E-state index in [2.05, 4.69) is 0 Å². The lowest BCUT2D eigenvalue weighted by atomic mass is 9.79. The molecule has 2 aromatic rings. The highest BCUT2D eigenvalue weighted by Gasteiger charge is 2.41. The number of non-ortho nitro benzene ring substituents is 1. The molecule has 1 aliphatic rings. The van der Waals surface area contributed by atoms with Gasteiger partial charge in [0.25, 0.3) is 5.69 Å². The van der Waals surface area contributed by atoms with E-state index < -0.39 is 22.8 Å². The zero-order chi connectivity index (χ0) is 24.1. The normalized spacial score (nSPS) is 14.4. The van der Waals surface area contributed by atoms with Gasteiger partial charge in [-0.15, -0.1) is 0 Å². The quantitative estimate of drug-likeness (QED) is 0.337. The van der Waals surface area contributed by atoms with Gasteiger partial charge in [-0.05, 0) is 45.4 Å². The van der Waals surface area contributed by atoms with Gasteiger partial charge in [0.2, 0.25) is 0 Å². The Morgan fingerprint density at radius 3 is 1.94 bits per heavy atom. The molecule has 0 amide bonds. The van der Waals surface area contributed by atoms with Gasteiger partial charge < -0.3 is 14.4 Å². The molecule has 172 valence electrons. The first-order chi connectivity index (χ1) is 15.8. The lowest BCUT2D eigenvalue weighted by Gasteiger charge is -2.37. The van der Waals surface area contributed by atoms with E-state index >= 15 is 0 Å². The van der Waals surface area contributed by atoms with Crippen molar-refractivity contribution in [3.8, 4) is 0 Å². The van der Waals surface area contributed by atoms with Crippen LogP contribution >= 0.6 is 0 Å². The first kappa shape index (κ1) is 23.7. The summed E-state index contributed by atoms with van der Waals surface area (Å²) < 4.78 is 10.7. The third-order valence-corrected chi connectivity index (χ3v) is 5.45. The van der Waals surface area contributed by atoms with Crippen molar-refractivity contribution in [2.24, 2.45) is 0 Å². The molecule has 33 heavy (non-hydrogen) atoms. The zero-order valence-electron chi connectivity index (χ0n) is 19.0. The van der Waals surface area contributed by atoms with Gasteiger partial charge in [-0.1, -0.05) is 30.3 Å². The summed E-state index contributed by atoms with van der Waals surface area (Å²) in [6.07, 6.45) is 0.